The topological polar surface area (TPSA) is 88.0 Å². The number of ether oxygens (including phenoxy) is 2. The van der Waals surface area contributed by atoms with Gasteiger partial charge in [-0.05, 0) is 35.9 Å². The predicted molar refractivity (Wildman–Crippen MR) is 87.0 cm³/mol. The van der Waals surface area contributed by atoms with E-state index >= 15 is 0 Å². The molecular formula is C17H17NO5. The second-order valence-electron chi connectivity index (χ2n) is 4.64. The molecule has 0 fully saturated rings. The minimum Gasteiger partial charge on any atom is -0.504 e. The number of hydrogen-bond donors (Lipinski definition) is 3. The van der Waals surface area contributed by atoms with Crippen LogP contribution in [0, 0.1) is 0 Å². The third-order valence-electron chi connectivity index (χ3n) is 3.08. The van der Waals surface area contributed by atoms with E-state index in [1.807, 2.05) is 0 Å². The van der Waals surface area contributed by atoms with Gasteiger partial charge in [-0.15, -0.1) is 0 Å². The molecule has 0 saturated heterocycles. The Hall–Kier alpha value is -3.15. The fraction of sp³-hybridized carbons (Fsp3) is 0.118. The molecule has 23 heavy (non-hydrogen) atoms. The SMILES string of the molecule is COc1ccc(NC(=O)/C=C/c2ccc(O)c(O)c2)cc1OC. The maximum absolute atomic E-state index is 11.9. The number of phenols is 2. The van der Waals surface area contributed by atoms with Crippen LogP contribution in [0.1, 0.15) is 5.56 Å². The second-order valence-corrected chi connectivity index (χ2v) is 4.64. The van der Waals surface area contributed by atoms with Gasteiger partial charge in [0, 0.05) is 17.8 Å². The zero-order valence-corrected chi connectivity index (χ0v) is 12.7. The van der Waals surface area contributed by atoms with Crippen LogP contribution in [0.4, 0.5) is 5.69 Å². The second kappa shape index (κ2) is 7.22. The molecule has 6 nitrogen and oxygen atoms in total. The van der Waals surface area contributed by atoms with Gasteiger partial charge in [-0.1, -0.05) is 6.07 Å². The summed E-state index contributed by atoms with van der Waals surface area (Å²) in [6.07, 6.45) is 2.85. The van der Waals surface area contributed by atoms with Crippen LogP contribution < -0.4 is 14.8 Å². The molecule has 0 bridgehead atoms. The number of hydrogen-bond acceptors (Lipinski definition) is 5. The summed E-state index contributed by atoms with van der Waals surface area (Å²) in [6, 6.07) is 9.32. The van der Waals surface area contributed by atoms with Gasteiger partial charge in [0.15, 0.2) is 23.0 Å². The largest absolute Gasteiger partial charge is 0.504 e. The number of methoxy groups -OCH3 is 2. The number of carbonyl (C=O) groups is 1. The van der Waals surface area contributed by atoms with E-state index in [1.54, 1.807) is 24.3 Å². The maximum atomic E-state index is 11.9. The van der Waals surface area contributed by atoms with E-state index in [2.05, 4.69) is 5.32 Å². The molecule has 0 aliphatic heterocycles. The first-order chi connectivity index (χ1) is 11.0. The summed E-state index contributed by atoms with van der Waals surface area (Å²) < 4.78 is 10.3. The summed E-state index contributed by atoms with van der Waals surface area (Å²) in [7, 11) is 3.05. The van der Waals surface area contributed by atoms with E-state index in [0.717, 1.165) is 0 Å². The molecule has 6 heteroatoms. The highest BCUT2D eigenvalue weighted by atomic mass is 16.5. The van der Waals surface area contributed by atoms with Gasteiger partial charge in [0.2, 0.25) is 5.91 Å². The van der Waals surface area contributed by atoms with Gasteiger partial charge in [-0.3, -0.25) is 4.79 Å². The highest BCUT2D eigenvalue weighted by Crippen LogP contribution is 2.29. The first-order valence-electron chi connectivity index (χ1n) is 6.76. The molecule has 2 aromatic rings. The Morgan fingerprint density at radius 1 is 1.00 bits per heavy atom. The van der Waals surface area contributed by atoms with Crippen LogP contribution >= 0.6 is 0 Å². The zero-order valence-electron chi connectivity index (χ0n) is 12.7. The molecular weight excluding hydrogens is 298 g/mol. The van der Waals surface area contributed by atoms with Crippen molar-refractivity contribution >= 4 is 17.7 Å². The number of aromatic hydroxyl groups is 2. The fourth-order valence-corrected chi connectivity index (χ4v) is 1.91. The van der Waals surface area contributed by atoms with Gasteiger partial charge < -0.3 is 25.0 Å². The van der Waals surface area contributed by atoms with E-state index in [4.69, 9.17) is 9.47 Å². The van der Waals surface area contributed by atoms with Crippen LogP contribution in [0.15, 0.2) is 42.5 Å². The molecule has 0 aliphatic rings. The van der Waals surface area contributed by atoms with Gasteiger partial charge in [0.25, 0.3) is 0 Å². The molecule has 120 valence electrons. The first kappa shape index (κ1) is 16.2. The summed E-state index contributed by atoms with van der Waals surface area (Å²) in [5.41, 5.74) is 1.15. The number of rotatable bonds is 5. The third kappa shape index (κ3) is 4.16. The quantitative estimate of drug-likeness (QED) is 0.583. The molecule has 0 saturated carbocycles. The average Bonchev–Trinajstić information content (AvgIpc) is 2.55. The Bertz CT molecular complexity index is 740. The molecule has 0 aliphatic carbocycles. The van der Waals surface area contributed by atoms with Crippen molar-refractivity contribution in [2.45, 2.75) is 0 Å². The highest BCUT2D eigenvalue weighted by Gasteiger charge is 2.06. The normalized spacial score (nSPS) is 10.5. The lowest BCUT2D eigenvalue weighted by Crippen LogP contribution is -2.07. The molecule has 0 aromatic heterocycles. The van der Waals surface area contributed by atoms with Crippen LogP contribution in [0.25, 0.3) is 6.08 Å². The van der Waals surface area contributed by atoms with Crippen molar-refractivity contribution in [3.63, 3.8) is 0 Å². The number of amides is 1. The van der Waals surface area contributed by atoms with E-state index in [1.165, 1.54) is 38.5 Å². The van der Waals surface area contributed by atoms with Crippen LogP contribution in [0.5, 0.6) is 23.0 Å². The summed E-state index contributed by atoms with van der Waals surface area (Å²) in [5, 5.41) is 21.3. The van der Waals surface area contributed by atoms with Gasteiger partial charge >= 0.3 is 0 Å². The summed E-state index contributed by atoms with van der Waals surface area (Å²) in [4.78, 5) is 11.9. The van der Waals surface area contributed by atoms with Crippen molar-refractivity contribution < 1.29 is 24.5 Å². The Morgan fingerprint density at radius 3 is 2.39 bits per heavy atom. The molecule has 0 heterocycles. The number of anilines is 1. The number of phenolic OH excluding ortho intramolecular Hbond substituents is 2. The van der Waals surface area contributed by atoms with Crippen LogP contribution in [-0.4, -0.2) is 30.3 Å². The molecule has 2 aromatic carbocycles. The lowest BCUT2D eigenvalue weighted by molar-refractivity contribution is -0.111. The molecule has 2 rings (SSSR count). The van der Waals surface area contributed by atoms with Gasteiger partial charge in [0.1, 0.15) is 0 Å². The van der Waals surface area contributed by atoms with Crippen LogP contribution in [0.3, 0.4) is 0 Å². The molecule has 3 N–H and O–H groups in total. The Balaban J connectivity index is 2.07. The zero-order chi connectivity index (χ0) is 16.8. The van der Waals surface area contributed by atoms with Crippen molar-refractivity contribution in [2.75, 3.05) is 19.5 Å². The van der Waals surface area contributed by atoms with Crippen LogP contribution in [-0.2, 0) is 4.79 Å². The Morgan fingerprint density at radius 2 is 1.74 bits per heavy atom. The summed E-state index contributed by atoms with van der Waals surface area (Å²) in [6.45, 7) is 0. The number of nitrogens with one attached hydrogen (secondary N) is 1. The Labute approximate surface area is 133 Å². The molecule has 0 atom stereocenters. The third-order valence-corrected chi connectivity index (χ3v) is 3.08. The molecule has 0 spiro atoms. The van der Waals surface area contributed by atoms with Crippen molar-refractivity contribution in [1.29, 1.82) is 0 Å². The summed E-state index contributed by atoms with van der Waals surface area (Å²) in [5.74, 6) is 0.285. The van der Waals surface area contributed by atoms with Gasteiger partial charge in [-0.25, -0.2) is 0 Å². The first-order valence-corrected chi connectivity index (χ1v) is 6.76. The van der Waals surface area contributed by atoms with Crippen molar-refractivity contribution in [1.82, 2.24) is 0 Å². The molecule has 1 amide bonds. The molecule has 0 unspecified atom stereocenters. The standard InChI is InChI=1S/C17H17NO5/c1-22-15-7-5-12(10-16(15)23-2)18-17(21)8-4-11-3-6-13(19)14(20)9-11/h3-10,19-20H,1-2H3,(H,18,21)/b8-4+. The minimum atomic E-state index is -0.343. The van der Waals surface area contributed by atoms with Crippen molar-refractivity contribution in [3.05, 3.63) is 48.0 Å². The van der Waals surface area contributed by atoms with Gasteiger partial charge in [0.05, 0.1) is 14.2 Å². The molecule has 0 radical (unpaired) electrons. The Kier molecular flexibility index (Phi) is 5.09. The highest BCUT2D eigenvalue weighted by molar-refractivity contribution is 6.02. The van der Waals surface area contributed by atoms with E-state index < -0.39 is 0 Å². The monoisotopic (exact) mass is 315 g/mol. The summed E-state index contributed by atoms with van der Waals surface area (Å²) >= 11 is 0. The lowest BCUT2D eigenvalue weighted by Gasteiger charge is -2.09. The minimum absolute atomic E-state index is 0.211. The predicted octanol–water partition coefficient (Wildman–Crippen LogP) is 2.77. The van der Waals surface area contributed by atoms with Crippen LogP contribution in [0.2, 0.25) is 0 Å². The lowest BCUT2D eigenvalue weighted by atomic mass is 10.2. The van der Waals surface area contributed by atoms with E-state index in [-0.39, 0.29) is 17.4 Å². The van der Waals surface area contributed by atoms with Gasteiger partial charge in [-0.2, -0.15) is 0 Å². The van der Waals surface area contributed by atoms with E-state index in [0.29, 0.717) is 22.7 Å². The smallest absolute Gasteiger partial charge is 0.248 e. The van der Waals surface area contributed by atoms with E-state index in [9.17, 15) is 15.0 Å². The average molecular weight is 315 g/mol. The fourth-order valence-electron chi connectivity index (χ4n) is 1.91. The van der Waals surface area contributed by atoms with Crippen molar-refractivity contribution in [3.8, 4) is 23.0 Å². The number of carbonyl (C=O) groups excluding carboxylic acids is 1. The van der Waals surface area contributed by atoms with Crippen molar-refractivity contribution in [2.24, 2.45) is 0 Å². The maximum Gasteiger partial charge on any atom is 0.248 e. The number of benzene rings is 2.